The fourth-order valence-electron chi connectivity index (χ4n) is 3.28. The van der Waals surface area contributed by atoms with E-state index in [1.165, 1.54) is 0 Å². The molecular weight excluding hydrogens is 372 g/mol. The third kappa shape index (κ3) is 3.20. The molecule has 1 aliphatic rings. The highest BCUT2D eigenvalue weighted by Gasteiger charge is 2.31. The number of aromatic amines is 1. The van der Waals surface area contributed by atoms with Gasteiger partial charge in [0.2, 0.25) is 0 Å². The minimum absolute atomic E-state index is 0.0474. The van der Waals surface area contributed by atoms with Crippen LogP contribution in [0.2, 0.25) is 0 Å². The smallest absolute Gasteiger partial charge is 0.310 e. The van der Waals surface area contributed by atoms with Crippen molar-refractivity contribution in [2.45, 2.75) is 26.7 Å². The van der Waals surface area contributed by atoms with Crippen LogP contribution in [0.15, 0.2) is 22.7 Å². The maximum absolute atomic E-state index is 12.9. The number of carbonyl (C=O) groups is 2. The number of hydrogen-bond acceptors (Lipinski definition) is 3. The van der Waals surface area contributed by atoms with E-state index in [2.05, 4.69) is 20.9 Å². The van der Waals surface area contributed by atoms with Gasteiger partial charge in [-0.2, -0.15) is 0 Å². The summed E-state index contributed by atoms with van der Waals surface area (Å²) in [5.74, 6) is -0.470. The molecule has 5 nitrogen and oxygen atoms in total. The summed E-state index contributed by atoms with van der Waals surface area (Å²) in [4.78, 5) is 29.9. The number of nitrogens with one attached hydrogen (secondary N) is 1. The molecule has 1 N–H and O–H groups in total. The minimum atomic E-state index is -0.221. The van der Waals surface area contributed by atoms with Crippen LogP contribution in [0.25, 0.3) is 10.9 Å². The molecule has 0 radical (unpaired) electrons. The third-order valence-corrected chi connectivity index (χ3v) is 5.06. The molecule has 1 amide bonds. The number of halogens is 1. The van der Waals surface area contributed by atoms with Crippen LogP contribution >= 0.6 is 15.9 Å². The number of fused-ring (bicyclic) bond motifs is 1. The Labute approximate surface area is 149 Å². The number of ether oxygens (including phenoxy) is 1. The van der Waals surface area contributed by atoms with Crippen LogP contribution in [-0.4, -0.2) is 41.5 Å². The Kier molecular flexibility index (Phi) is 4.94. The number of likely N-dealkylation sites (tertiary alicyclic amines) is 1. The number of nitrogens with zero attached hydrogens (tertiary/aromatic N) is 1. The van der Waals surface area contributed by atoms with Crippen LogP contribution in [0.1, 0.15) is 35.8 Å². The van der Waals surface area contributed by atoms with E-state index in [4.69, 9.17) is 4.74 Å². The zero-order valence-electron chi connectivity index (χ0n) is 13.9. The van der Waals surface area contributed by atoms with Gasteiger partial charge < -0.3 is 14.6 Å². The summed E-state index contributed by atoms with van der Waals surface area (Å²) >= 11 is 3.47. The number of esters is 1. The molecule has 128 valence electrons. The molecular formula is C18H21BrN2O3. The number of hydrogen-bond donors (Lipinski definition) is 1. The van der Waals surface area contributed by atoms with Gasteiger partial charge in [-0.3, -0.25) is 9.59 Å². The van der Waals surface area contributed by atoms with Gasteiger partial charge in [0.05, 0.1) is 12.5 Å². The Balaban J connectivity index is 1.83. The summed E-state index contributed by atoms with van der Waals surface area (Å²) in [7, 11) is 0. The fraction of sp³-hybridized carbons (Fsp3) is 0.444. The lowest BCUT2D eigenvalue weighted by Gasteiger charge is -2.31. The van der Waals surface area contributed by atoms with Crippen LogP contribution in [0.4, 0.5) is 0 Å². The maximum Gasteiger partial charge on any atom is 0.310 e. The van der Waals surface area contributed by atoms with Crippen molar-refractivity contribution in [1.29, 1.82) is 0 Å². The van der Waals surface area contributed by atoms with Crippen LogP contribution < -0.4 is 0 Å². The molecule has 1 saturated heterocycles. The van der Waals surface area contributed by atoms with Gasteiger partial charge in [0.1, 0.15) is 5.69 Å². The lowest BCUT2D eigenvalue weighted by molar-refractivity contribution is -0.149. The summed E-state index contributed by atoms with van der Waals surface area (Å²) in [6.07, 6.45) is 1.60. The van der Waals surface area contributed by atoms with E-state index in [9.17, 15) is 9.59 Å². The average molecular weight is 393 g/mol. The van der Waals surface area contributed by atoms with Gasteiger partial charge >= 0.3 is 5.97 Å². The average Bonchev–Trinajstić information content (AvgIpc) is 2.91. The van der Waals surface area contributed by atoms with Crippen molar-refractivity contribution in [3.05, 3.63) is 33.9 Å². The van der Waals surface area contributed by atoms with Gasteiger partial charge in [-0.05, 0) is 50.5 Å². The second-order valence-electron chi connectivity index (χ2n) is 6.16. The molecule has 24 heavy (non-hydrogen) atoms. The summed E-state index contributed by atoms with van der Waals surface area (Å²) in [6.45, 7) is 5.23. The Hall–Kier alpha value is -1.82. The van der Waals surface area contributed by atoms with E-state index in [0.717, 1.165) is 33.8 Å². The largest absolute Gasteiger partial charge is 0.466 e. The van der Waals surface area contributed by atoms with Crippen LogP contribution in [0.5, 0.6) is 0 Å². The highest BCUT2D eigenvalue weighted by atomic mass is 79.9. The number of amides is 1. The van der Waals surface area contributed by atoms with E-state index in [1.54, 1.807) is 11.8 Å². The molecule has 6 heteroatoms. The molecule has 0 saturated carbocycles. The topological polar surface area (TPSA) is 62.4 Å². The van der Waals surface area contributed by atoms with Crippen molar-refractivity contribution in [3.63, 3.8) is 0 Å². The van der Waals surface area contributed by atoms with Crippen molar-refractivity contribution in [2.75, 3.05) is 19.7 Å². The highest BCUT2D eigenvalue weighted by Crippen LogP contribution is 2.27. The maximum atomic E-state index is 12.9. The van der Waals surface area contributed by atoms with Crippen LogP contribution in [-0.2, 0) is 9.53 Å². The normalized spacial score (nSPS) is 18.0. The highest BCUT2D eigenvalue weighted by molar-refractivity contribution is 9.10. The van der Waals surface area contributed by atoms with E-state index < -0.39 is 0 Å². The lowest BCUT2D eigenvalue weighted by atomic mass is 9.97. The molecule has 0 unspecified atom stereocenters. The Morgan fingerprint density at radius 3 is 2.96 bits per heavy atom. The Morgan fingerprint density at radius 2 is 2.21 bits per heavy atom. The van der Waals surface area contributed by atoms with Crippen molar-refractivity contribution in [2.24, 2.45) is 5.92 Å². The zero-order chi connectivity index (χ0) is 17.3. The number of carbonyl (C=O) groups excluding carboxylic acids is 2. The van der Waals surface area contributed by atoms with Gasteiger partial charge in [-0.25, -0.2) is 0 Å². The number of piperidine rings is 1. The predicted octanol–water partition coefficient (Wildman–Crippen LogP) is 3.65. The Morgan fingerprint density at radius 1 is 1.42 bits per heavy atom. The van der Waals surface area contributed by atoms with Crippen LogP contribution in [0, 0.1) is 12.8 Å². The molecule has 1 aromatic carbocycles. The second-order valence-corrected chi connectivity index (χ2v) is 7.07. The monoisotopic (exact) mass is 392 g/mol. The first-order valence-corrected chi connectivity index (χ1v) is 9.04. The van der Waals surface area contributed by atoms with Gasteiger partial charge in [0, 0.05) is 28.5 Å². The number of aryl methyl sites for hydroxylation is 1. The van der Waals surface area contributed by atoms with Gasteiger partial charge in [0.25, 0.3) is 5.91 Å². The standard InChI is InChI=1S/C18H21BrN2O3/c1-3-24-18(23)12-5-4-8-21(10-12)17(22)16-11(2)14-9-13(19)6-7-15(14)20-16/h6-7,9,12,20H,3-5,8,10H2,1-2H3/t12-/m0/s1. The first-order chi connectivity index (χ1) is 11.5. The second kappa shape index (κ2) is 6.97. The summed E-state index contributed by atoms with van der Waals surface area (Å²) in [5.41, 5.74) is 2.49. The summed E-state index contributed by atoms with van der Waals surface area (Å²) < 4.78 is 6.09. The first kappa shape index (κ1) is 17.0. The number of aromatic nitrogens is 1. The van der Waals surface area contributed by atoms with E-state index in [0.29, 0.717) is 25.4 Å². The summed E-state index contributed by atoms with van der Waals surface area (Å²) in [5, 5.41) is 1.03. The molecule has 0 bridgehead atoms. The van der Waals surface area contributed by atoms with Crippen molar-refractivity contribution >= 4 is 38.7 Å². The summed E-state index contributed by atoms with van der Waals surface area (Å²) in [6, 6.07) is 5.92. The van der Waals surface area contributed by atoms with E-state index in [1.807, 2.05) is 25.1 Å². The van der Waals surface area contributed by atoms with Crippen molar-refractivity contribution in [1.82, 2.24) is 9.88 Å². The molecule has 0 aliphatic carbocycles. The predicted molar refractivity (Wildman–Crippen MR) is 96.0 cm³/mol. The lowest BCUT2D eigenvalue weighted by Crippen LogP contribution is -2.43. The molecule has 1 aliphatic heterocycles. The third-order valence-electron chi connectivity index (χ3n) is 4.56. The SMILES string of the molecule is CCOC(=O)[C@H]1CCCN(C(=O)c2[nH]c3ccc(Br)cc3c2C)C1. The molecule has 3 rings (SSSR count). The molecule has 1 aromatic heterocycles. The minimum Gasteiger partial charge on any atom is -0.466 e. The molecule has 2 heterocycles. The first-order valence-electron chi connectivity index (χ1n) is 8.25. The quantitative estimate of drug-likeness (QED) is 0.810. The Bertz CT molecular complexity index is 784. The number of H-pyrrole nitrogens is 1. The number of benzene rings is 1. The molecule has 0 spiro atoms. The fourth-order valence-corrected chi connectivity index (χ4v) is 3.65. The van der Waals surface area contributed by atoms with Crippen LogP contribution in [0.3, 0.4) is 0 Å². The van der Waals surface area contributed by atoms with Crippen molar-refractivity contribution in [3.8, 4) is 0 Å². The molecule has 1 fully saturated rings. The molecule has 1 atom stereocenters. The molecule has 2 aromatic rings. The van der Waals surface area contributed by atoms with Crippen molar-refractivity contribution < 1.29 is 14.3 Å². The van der Waals surface area contributed by atoms with E-state index >= 15 is 0 Å². The zero-order valence-corrected chi connectivity index (χ0v) is 15.5. The van der Waals surface area contributed by atoms with Gasteiger partial charge in [0.15, 0.2) is 0 Å². The van der Waals surface area contributed by atoms with Gasteiger partial charge in [-0.1, -0.05) is 15.9 Å². The van der Waals surface area contributed by atoms with E-state index in [-0.39, 0.29) is 17.8 Å². The van der Waals surface area contributed by atoms with Gasteiger partial charge in [-0.15, -0.1) is 0 Å². The number of rotatable bonds is 3.